The molecule has 1 saturated heterocycles. The molecular weight excluding hydrogens is 396 g/mol. The van der Waals surface area contributed by atoms with Crippen LogP contribution in [0.1, 0.15) is 10.4 Å². The average molecular weight is 415 g/mol. The van der Waals surface area contributed by atoms with E-state index in [0.29, 0.717) is 18.7 Å². The minimum atomic E-state index is -3.75. The summed E-state index contributed by atoms with van der Waals surface area (Å²) < 4.78 is 27.6. The number of carbonyl (C=O) groups is 1. The van der Waals surface area contributed by atoms with E-state index in [0.717, 1.165) is 28.0 Å². The Balaban J connectivity index is 1.84. The number of benzene rings is 2. The van der Waals surface area contributed by atoms with Crippen molar-refractivity contribution in [3.8, 4) is 11.1 Å². The average Bonchev–Trinajstić information content (AvgIpc) is 2.73. The number of sulfonamides is 1. The Bertz CT molecular complexity index is 1160. The molecular formula is C20H18N2O4S2. The molecule has 6 nitrogen and oxygen atoms in total. The van der Waals surface area contributed by atoms with Gasteiger partial charge in [0, 0.05) is 36.2 Å². The molecule has 1 aromatic heterocycles. The summed E-state index contributed by atoms with van der Waals surface area (Å²) in [6.07, 6.45) is 1.70. The molecule has 4 rings (SSSR count). The number of aromatic nitrogens is 1. The SMILES string of the molecule is O=C(O)c1cc(-c2ccc3ncccc3c2)cc(S(=O)(=O)N2CCSCC2)c1. The highest BCUT2D eigenvalue weighted by Crippen LogP contribution is 2.29. The minimum Gasteiger partial charge on any atom is -0.478 e. The fraction of sp³-hybridized carbons (Fsp3) is 0.200. The summed E-state index contributed by atoms with van der Waals surface area (Å²) in [5, 5.41) is 10.4. The van der Waals surface area contributed by atoms with E-state index in [9.17, 15) is 18.3 Å². The summed E-state index contributed by atoms with van der Waals surface area (Å²) in [6.45, 7) is 0.864. The summed E-state index contributed by atoms with van der Waals surface area (Å²) in [7, 11) is -3.75. The van der Waals surface area contributed by atoms with Crippen molar-refractivity contribution >= 4 is 38.7 Å². The number of aromatic carboxylic acids is 1. The van der Waals surface area contributed by atoms with Crippen LogP contribution in [0.15, 0.2) is 59.6 Å². The van der Waals surface area contributed by atoms with Gasteiger partial charge in [0.1, 0.15) is 0 Å². The van der Waals surface area contributed by atoms with Crippen molar-refractivity contribution in [2.45, 2.75) is 4.90 Å². The molecule has 0 saturated carbocycles. The molecule has 3 aromatic rings. The van der Waals surface area contributed by atoms with E-state index in [4.69, 9.17) is 0 Å². The Kier molecular flexibility index (Phi) is 5.09. The van der Waals surface area contributed by atoms with Gasteiger partial charge >= 0.3 is 5.97 Å². The summed E-state index contributed by atoms with van der Waals surface area (Å²) in [5.41, 5.74) is 2.07. The maximum absolute atomic E-state index is 13.1. The first-order chi connectivity index (χ1) is 13.4. The lowest BCUT2D eigenvalue weighted by Crippen LogP contribution is -2.37. The molecule has 2 aromatic carbocycles. The zero-order valence-corrected chi connectivity index (χ0v) is 16.5. The Morgan fingerprint density at radius 3 is 2.57 bits per heavy atom. The van der Waals surface area contributed by atoms with Crippen molar-refractivity contribution in [2.24, 2.45) is 0 Å². The largest absolute Gasteiger partial charge is 0.478 e. The van der Waals surface area contributed by atoms with Crippen molar-refractivity contribution in [3.05, 3.63) is 60.3 Å². The van der Waals surface area contributed by atoms with Gasteiger partial charge in [-0.2, -0.15) is 16.1 Å². The van der Waals surface area contributed by atoms with Gasteiger partial charge in [0.15, 0.2) is 0 Å². The van der Waals surface area contributed by atoms with Crippen LogP contribution in [0.2, 0.25) is 0 Å². The van der Waals surface area contributed by atoms with E-state index >= 15 is 0 Å². The zero-order chi connectivity index (χ0) is 19.7. The van der Waals surface area contributed by atoms with Crippen LogP contribution in [0.4, 0.5) is 0 Å². The summed E-state index contributed by atoms with van der Waals surface area (Å²) >= 11 is 1.71. The van der Waals surface area contributed by atoms with Gasteiger partial charge in [-0.3, -0.25) is 4.98 Å². The molecule has 1 N–H and O–H groups in total. The Morgan fingerprint density at radius 2 is 1.82 bits per heavy atom. The molecule has 0 aliphatic carbocycles. The molecule has 0 atom stereocenters. The molecule has 0 spiro atoms. The van der Waals surface area contributed by atoms with E-state index in [1.54, 1.807) is 24.0 Å². The summed E-state index contributed by atoms with van der Waals surface area (Å²) in [5.74, 6) is 0.320. The highest BCUT2D eigenvalue weighted by molar-refractivity contribution is 7.99. The van der Waals surface area contributed by atoms with Crippen LogP contribution < -0.4 is 0 Å². The van der Waals surface area contributed by atoms with Crippen molar-refractivity contribution in [1.29, 1.82) is 0 Å². The van der Waals surface area contributed by atoms with Crippen LogP contribution in [0.5, 0.6) is 0 Å². The number of thioether (sulfide) groups is 1. The number of rotatable bonds is 4. The van der Waals surface area contributed by atoms with Crippen molar-refractivity contribution in [3.63, 3.8) is 0 Å². The van der Waals surface area contributed by atoms with Crippen molar-refractivity contribution < 1.29 is 18.3 Å². The molecule has 144 valence electrons. The molecule has 2 heterocycles. The Morgan fingerprint density at radius 1 is 1.04 bits per heavy atom. The van der Waals surface area contributed by atoms with Gasteiger partial charge in [-0.15, -0.1) is 0 Å². The molecule has 1 aliphatic heterocycles. The molecule has 0 amide bonds. The van der Waals surface area contributed by atoms with Gasteiger partial charge in [0.25, 0.3) is 0 Å². The fourth-order valence-corrected chi connectivity index (χ4v) is 5.88. The normalized spacial score (nSPS) is 15.6. The van der Waals surface area contributed by atoms with Gasteiger partial charge in [0.05, 0.1) is 16.0 Å². The minimum absolute atomic E-state index is 0.0144. The monoisotopic (exact) mass is 414 g/mol. The highest BCUT2D eigenvalue weighted by Gasteiger charge is 2.27. The molecule has 8 heteroatoms. The van der Waals surface area contributed by atoms with Crippen LogP contribution in [-0.2, 0) is 10.0 Å². The van der Waals surface area contributed by atoms with Crippen LogP contribution in [0.25, 0.3) is 22.0 Å². The van der Waals surface area contributed by atoms with Crippen LogP contribution in [-0.4, -0.2) is 53.4 Å². The van der Waals surface area contributed by atoms with Gasteiger partial charge in [-0.1, -0.05) is 12.1 Å². The molecule has 0 bridgehead atoms. The molecule has 28 heavy (non-hydrogen) atoms. The lowest BCUT2D eigenvalue weighted by molar-refractivity contribution is 0.0696. The van der Waals surface area contributed by atoms with Crippen LogP contribution >= 0.6 is 11.8 Å². The molecule has 0 radical (unpaired) electrons. The number of nitrogens with zero attached hydrogens (tertiary/aromatic N) is 2. The van der Waals surface area contributed by atoms with E-state index in [1.165, 1.54) is 16.4 Å². The predicted octanol–water partition coefficient (Wildman–Crippen LogP) is 3.34. The number of pyridine rings is 1. The van der Waals surface area contributed by atoms with Crippen molar-refractivity contribution in [1.82, 2.24) is 9.29 Å². The second-order valence-corrected chi connectivity index (χ2v) is 9.64. The maximum Gasteiger partial charge on any atom is 0.335 e. The van der Waals surface area contributed by atoms with Crippen LogP contribution in [0, 0.1) is 0 Å². The maximum atomic E-state index is 13.1. The third kappa shape index (κ3) is 3.63. The molecule has 1 aliphatic rings. The van der Waals surface area contributed by atoms with E-state index in [-0.39, 0.29) is 10.5 Å². The third-order valence-electron chi connectivity index (χ3n) is 4.70. The zero-order valence-electron chi connectivity index (χ0n) is 14.9. The van der Waals surface area contributed by atoms with Gasteiger partial charge in [0.2, 0.25) is 10.0 Å². The first-order valence-electron chi connectivity index (χ1n) is 8.76. The predicted molar refractivity (Wildman–Crippen MR) is 110 cm³/mol. The van der Waals surface area contributed by atoms with Gasteiger partial charge < -0.3 is 5.11 Å². The first-order valence-corrected chi connectivity index (χ1v) is 11.4. The summed E-state index contributed by atoms with van der Waals surface area (Å²) in [4.78, 5) is 15.9. The quantitative estimate of drug-likeness (QED) is 0.705. The summed E-state index contributed by atoms with van der Waals surface area (Å²) in [6, 6.07) is 13.6. The lowest BCUT2D eigenvalue weighted by atomic mass is 10.0. The highest BCUT2D eigenvalue weighted by atomic mass is 32.2. The molecule has 0 unspecified atom stereocenters. The first kappa shape index (κ1) is 18.9. The fourth-order valence-electron chi connectivity index (χ4n) is 3.23. The Hall–Kier alpha value is -2.42. The standard InChI is InChI=1S/C20H18N2O4S2/c23-20(24)17-11-16(14-3-4-19-15(10-14)2-1-5-21-19)12-18(13-17)28(25,26)22-6-8-27-9-7-22/h1-5,10-13H,6-9H2,(H,23,24). The van der Waals surface area contributed by atoms with Gasteiger partial charge in [-0.25, -0.2) is 13.2 Å². The van der Waals surface area contributed by atoms with E-state index in [2.05, 4.69) is 4.98 Å². The van der Waals surface area contributed by atoms with Crippen molar-refractivity contribution in [2.75, 3.05) is 24.6 Å². The van der Waals surface area contributed by atoms with E-state index < -0.39 is 16.0 Å². The molecule has 1 fully saturated rings. The van der Waals surface area contributed by atoms with Crippen LogP contribution in [0.3, 0.4) is 0 Å². The number of hydrogen-bond donors (Lipinski definition) is 1. The third-order valence-corrected chi connectivity index (χ3v) is 7.52. The topological polar surface area (TPSA) is 87.6 Å². The lowest BCUT2D eigenvalue weighted by Gasteiger charge is -2.26. The second-order valence-electron chi connectivity index (χ2n) is 6.48. The number of carboxylic acid groups (broad SMARTS) is 1. The second kappa shape index (κ2) is 7.54. The number of hydrogen-bond acceptors (Lipinski definition) is 5. The Labute approximate surface area is 167 Å². The van der Waals surface area contributed by atoms with Gasteiger partial charge in [-0.05, 0) is 47.5 Å². The number of fused-ring (bicyclic) bond motifs is 1. The smallest absolute Gasteiger partial charge is 0.335 e. The number of carboxylic acids is 1. The van der Waals surface area contributed by atoms with E-state index in [1.807, 2.05) is 30.3 Å².